The number of rotatable bonds is 6. The van der Waals surface area contributed by atoms with E-state index in [2.05, 4.69) is 63.2 Å². The van der Waals surface area contributed by atoms with E-state index >= 15 is 0 Å². The number of aromatic amines is 1. The van der Waals surface area contributed by atoms with Crippen LogP contribution in [0.1, 0.15) is 61.1 Å². The highest BCUT2D eigenvalue weighted by Crippen LogP contribution is 2.30. The summed E-state index contributed by atoms with van der Waals surface area (Å²) >= 11 is 0. The van der Waals surface area contributed by atoms with Crippen molar-refractivity contribution in [3.05, 3.63) is 59.5 Å². The smallest absolute Gasteiger partial charge is 0.253 e. The van der Waals surface area contributed by atoms with E-state index in [0.717, 1.165) is 49.5 Å². The number of likely N-dealkylation sites (tertiary alicyclic amines) is 1. The van der Waals surface area contributed by atoms with Crippen molar-refractivity contribution in [2.45, 2.75) is 52.6 Å². The van der Waals surface area contributed by atoms with Crippen LogP contribution in [-0.2, 0) is 13.1 Å². The number of fused-ring (bicyclic) bond motifs is 1. The molecule has 5 rings (SSSR count). The van der Waals surface area contributed by atoms with Crippen molar-refractivity contribution in [3.8, 4) is 0 Å². The van der Waals surface area contributed by atoms with E-state index in [1.807, 2.05) is 12.3 Å². The Morgan fingerprint density at radius 2 is 1.85 bits per heavy atom. The van der Waals surface area contributed by atoms with E-state index in [1.165, 1.54) is 36.8 Å². The number of amides is 1. The Bertz CT molecular complexity index is 1120. The average Bonchev–Trinajstić information content (AvgIpc) is 3.48. The summed E-state index contributed by atoms with van der Waals surface area (Å²) in [7, 11) is 0. The molecule has 2 aliphatic heterocycles. The molecule has 2 N–H and O–H groups in total. The molecule has 0 aliphatic carbocycles. The van der Waals surface area contributed by atoms with Gasteiger partial charge < -0.3 is 15.2 Å². The number of carbonyl (C=O) groups is 1. The summed E-state index contributed by atoms with van der Waals surface area (Å²) < 4.78 is 0. The Morgan fingerprint density at radius 3 is 2.64 bits per heavy atom. The molecular formula is C27H35N5O. The molecule has 0 spiro atoms. The van der Waals surface area contributed by atoms with Gasteiger partial charge in [-0.15, -0.1) is 0 Å². The Balaban J connectivity index is 1.20. The summed E-state index contributed by atoms with van der Waals surface area (Å²) in [5, 5.41) is 4.28. The highest BCUT2D eigenvalue weighted by Gasteiger charge is 2.25. The number of carbonyl (C=O) groups excluding carboxylic acids is 1. The maximum Gasteiger partial charge on any atom is 0.253 e. The average molecular weight is 446 g/mol. The zero-order valence-corrected chi connectivity index (χ0v) is 19.9. The van der Waals surface area contributed by atoms with Gasteiger partial charge in [0.2, 0.25) is 0 Å². The van der Waals surface area contributed by atoms with Gasteiger partial charge in [-0.2, -0.15) is 0 Å². The van der Waals surface area contributed by atoms with E-state index in [9.17, 15) is 4.79 Å². The van der Waals surface area contributed by atoms with Gasteiger partial charge in [-0.05, 0) is 73.3 Å². The van der Waals surface area contributed by atoms with Crippen LogP contribution in [0.2, 0.25) is 0 Å². The summed E-state index contributed by atoms with van der Waals surface area (Å²) in [6.07, 6.45) is 8.42. The summed E-state index contributed by atoms with van der Waals surface area (Å²) in [4.78, 5) is 25.5. The van der Waals surface area contributed by atoms with Crippen LogP contribution in [0.4, 0.5) is 5.69 Å². The molecule has 33 heavy (non-hydrogen) atoms. The minimum absolute atomic E-state index is 0.0798. The van der Waals surface area contributed by atoms with Crippen LogP contribution < -0.4 is 10.2 Å². The van der Waals surface area contributed by atoms with Gasteiger partial charge in [-0.25, -0.2) is 0 Å². The molecule has 1 aromatic carbocycles. The van der Waals surface area contributed by atoms with E-state index in [0.29, 0.717) is 17.5 Å². The molecule has 4 heterocycles. The minimum Gasteiger partial charge on any atom is -0.370 e. The summed E-state index contributed by atoms with van der Waals surface area (Å²) in [5.41, 5.74) is 5.61. The fraction of sp³-hybridized carbons (Fsp3) is 0.481. The first-order chi connectivity index (χ1) is 15.9. The first-order valence-corrected chi connectivity index (χ1v) is 12.3. The topological polar surface area (TPSA) is 64.3 Å². The van der Waals surface area contributed by atoms with Crippen molar-refractivity contribution in [2.75, 3.05) is 31.1 Å². The fourth-order valence-electron chi connectivity index (χ4n) is 4.97. The normalized spacial score (nSPS) is 18.7. The van der Waals surface area contributed by atoms with E-state index < -0.39 is 0 Å². The van der Waals surface area contributed by atoms with Gasteiger partial charge in [0.15, 0.2) is 0 Å². The van der Waals surface area contributed by atoms with Crippen molar-refractivity contribution in [3.63, 3.8) is 0 Å². The molecule has 2 aliphatic rings. The summed E-state index contributed by atoms with van der Waals surface area (Å²) in [5.74, 6) is -0.0798. The van der Waals surface area contributed by atoms with Crippen molar-refractivity contribution in [1.82, 2.24) is 20.2 Å². The number of H-pyrrole nitrogens is 1. The van der Waals surface area contributed by atoms with E-state index in [-0.39, 0.29) is 5.91 Å². The first-order valence-electron chi connectivity index (χ1n) is 12.3. The Hall–Kier alpha value is -2.86. The van der Waals surface area contributed by atoms with Crippen LogP contribution >= 0.6 is 0 Å². The number of hydrogen-bond donors (Lipinski definition) is 2. The summed E-state index contributed by atoms with van der Waals surface area (Å²) in [6, 6.07) is 10.6. The third kappa shape index (κ3) is 5.22. The molecule has 0 bridgehead atoms. The predicted octanol–water partition coefficient (Wildman–Crippen LogP) is 4.72. The molecule has 174 valence electrons. The van der Waals surface area contributed by atoms with E-state index in [1.54, 1.807) is 6.20 Å². The molecule has 6 heteroatoms. The third-order valence-corrected chi connectivity index (χ3v) is 7.26. The summed E-state index contributed by atoms with van der Waals surface area (Å²) in [6.45, 7) is 10.6. The maximum atomic E-state index is 12.7. The molecular weight excluding hydrogens is 410 g/mol. The predicted molar refractivity (Wildman–Crippen MR) is 133 cm³/mol. The molecule has 2 fully saturated rings. The zero-order chi connectivity index (χ0) is 22.8. The number of nitrogens with zero attached hydrogens (tertiary/aromatic N) is 3. The molecule has 0 atom stereocenters. The molecule has 1 amide bonds. The molecule has 0 unspecified atom stereocenters. The number of aromatic nitrogens is 2. The van der Waals surface area contributed by atoms with Crippen molar-refractivity contribution >= 4 is 22.5 Å². The second-order valence-electron chi connectivity index (χ2n) is 10.5. The largest absolute Gasteiger partial charge is 0.370 e. The molecule has 0 radical (unpaired) electrons. The molecule has 3 aromatic rings. The van der Waals surface area contributed by atoms with Crippen molar-refractivity contribution in [2.24, 2.45) is 5.41 Å². The van der Waals surface area contributed by atoms with Crippen LogP contribution in [-0.4, -0.2) is 47.0 Å². The molecule has 2 saturated heterocycles. The lowest BCUT2D eigenvalue weighted by molar-refractivity contribution is 0.0950. The first kappa shape index (κ1) is 22.0. The van der Waals surface area contributed by atoms with Crippen LogP contribution in [0, 0.1) is 5.41 Å². The standard InChI is InChI=1S/C27H35N5O/c1-27(2)7-11-31(12-8-27)19-23-14-21-6-5-20(13-25(21)30-23)16-29-26(33)22-15-24(18-28-17-22)32-9-3-4-10-32/h5-6,13-15,17-18,30H,3-4,7-12,16,19H2,1-2H3,(H,29,33). The van der Waals surface area contributed by atoms with Gasteiger partial charge in [-0.3, -0.25) is 14.7 Å². The highest BCUT2D eigenvalue weighted by atomic mass is 16.1. The number of pyridine rings is 1. The van der Waals surface area contributed by atoms with Gasteiger partial charge in [0.25, 0.3) is 5.91 Å². The lowest BCUT2D eigenvalue weighted by Crippen LogP contribution is -2.36. The Labute approximate surface area is 196 Å². The van der Waals surface area contributed by atoms with Gasteiger partial charge >= 0.3 is 0 Å². The van der Waals surface area contributed by atoms with Crippen molar-refractivity contribution < 1.29 is 4.79 Å². The molecule has 6 nitrogen and oxygen atoms in total. The minimum atomic E-state index is -0.0798. The van der Waals surface area contributed by atoms with E-state index in [4.69, 9.17) is 0 Å². The number of piperidine rings is 1. The fourth-order valence-corrected chi connectivity index (χ4v) is 4.97. The number of anilines is 1. The van der Waals surface area contributed by atoms with Gasteiger partial charge in [-0.1, -0.05) is 26.0 Å². The van der Waals surface area contributed by atoms with Gasteiger partial charge in [0.1, 0.15) is 0 Å². The number of hydrogen-bond acceptors (Lipinski definition) is 4. The Morgan fingerprint density at radius 1 is 1.06 bits per heavy atom. The van der Waals surface area contributed by atoms with Gasteiger partial charge in [0, 0.05) is 43.6 Å². The number of nitrogens with one attached hydrogen (secondary N) is 2. The lowest BCUT2D eigenvalue weighted by Gasteiger charge is -2.36. The second-order valence-corrected chi connectivity index (χ2v) is 10.5. The second kappa shape index (κ2) is 9.18. The van der Waals surface area contributed by atoms with Gasteiger partial charge in [0.05, 0.1) is 17.4 Å². The van der Waals surface area contributed by atoms with Crippen molar-refractivity contribution in [1.29, 1.82) is 0 Å². The molecule has 0 saturated carbocycles. The number of benzene rings is 1. The third-order valence-electron chi connectivity index (χ3n) is 7.26. The van der Waals surface area contributed by atoms with Crippen LogP contribution in [0.5, 0.6) is 0 Å². The Kier molecular flexibility index (Phi) is 6.11. The van der Waals surface area contributed by atoms with Crippen LogP contribution in [0.15, 0.2) is 42.7 Å². The van der Waals surface area contributed by atoms with Crippen LogP contribution in [0.25, 0.3) is 10.9 Å². The quantitative estimate of drug-likeness (QED) is 0.577. The molecule has 2 aromatic heterocycles. The van der Waals surface area contributed by atoms with Crippen LogP contribution in [0.3, 0.4) is 0 Å². The maximum absolute atomic E-state index is 12.7. The highest BCUT2D eigenvalue weighted by molar-refractivity contribution is 5.94. The SMILES string of the molecule is CC1(C)CCN(Cc2cc3ccc(CNC(=O)c4cncc(N5CCCC5)c4)cc3[nH]2)CC1. The zero-order valence-electron chi connectivity index (χ0n) is 19.9. The lowest BCUT2D eigenvalue weighted by atomic mass is 9.83. The monoisotopic (exact) mass is 445 g/mol.